The van der Waals surface area contributed by atoms with Crippen molar-refractivity contribution >= 4 is 68.6 Å². The lowest BCUT2D eigenvalue weighted by molar-refractivity contribution is -0.118. The molecule has 252 valence electrons. The van der Waals surface area contributed by atoms with Crippen LogP contribution in [0.4, 0.5) is 0 Å². The quantitative estimate of drug-likeness (QED) is 0.127. The zero-order valence-electron chi connectivity index (χ0n) is 25.5. The van der Waals surface area contributed by atoms with Crippen LogP contribution in [0.1, 0.15) is 27.9 Å². The molecule has 1 heterocycles. The molecule has 0 saturated heterocycles. The van der Waals surface area contributed by atoms with Gasteiger partial charge < -0.3 is 39.4 Å². The van der Waals surface area contributed by atoms with E-state index in [9.17, 15) is 29.7 Å². The number of para-hydroxylation sites is 1. The maximum atomic E-state index is 14.4. The standard InChI is InChI=1S/C34H31Cl2IN2O9/c1-46-29-12-19(17-41)11-25(37)31(29)47-28-15-21(32(43)38-8-9-40)14-26(30(28)42)39(16-18-6-7-23(35)24(36)10-18)33(44)22-13-20-4-2-3-5-27(20)48-34(22)45/h2-7,10-13,15,26,28,30,40-42H,8-9,14,16-17H2,1H3,(H,38,43). The van der Waals surface area contributed by atoms with Crippen LogP contribution in [-0.2, 0) is 17.9 Å². The summed E-state index contributed by atoms with van der Waals surface area (Å²) in [6.45, 7) is -0.733. The van der Waals surface area contributed by atoms with E-state index in [1.54, 1.807) is 54.6 Å². The van der Waals surface area contributed by atoms with Gasteiger partial charge in [0.1, 0.15) is 23.4 Å². The minimum absolute atomic E-state index is 0.0344. The molecule has 0 spiro atoms. The first kappa shape index (κ1) is 35.6. The molecular weight excluding hydrogens is 778 g/mol. The van der Waals surface area contributed by atoms with Crippen molar-refractivity contribution in [3.8, 4) is 11.5 Å². The molecule has 4 N–H and O–H groups in total. The van der Waals surface area contributed by atoms with E-state index in [0.717, 1.165) is 0 Å². The Kier molecular flexibility index (Phi) is 11.7. The molecule has 5 rings (SSSR count). The highest BCUT2D eigenvalue weighted by Crippen LogP contribution is 2.38. The van der Waals surface area contributed by atoms with Gasteiger partial charge in [0, 0.05) is 30.5 Å². The molecule has 1 aliphatic carbocycles. The highest BCUT2D eigenvalue weighted by Gasteiger charge is 2.42. The lowest BCUT2D eigenvalue weighted by atomic mass is 9.87. The fourth-order valence-corrected chi connectivity index (χ4v) is 6.55. The summed E-state index contributed by atoms with van der Waals surface area (Å²) in [4.78, 5) is 42.2. The molecule has 0 bridgehead atoms. The van der Waals surface area contributed by atoms with Gasteiger partial charge in [-0.15, -0.1) is 0 Å². The molecule has 3 aromatic carbocycles. The van der Waals surface area contributed by atoms with Crippen molar-refractivity contribution in [3.63, 3.8) is 0 Å². The molecule has 0 saturated carbocycles. The van der Waals surface area contributed by atoms with E-state index in [1.165, 1.54) is 24.2 Å². The lowest BCUT2D eigenvalue weighted by Gasteiger charge is -2.40. The van der Waals surface area contributed by atoms with Gasteiger partial charge in [-0.25, -0.2) is 4.79 Å². The van der Waals surface area contributed by atoms with Crippen molar-refractivity contribution in [1.29, 1.82) is 0 Å². The van der Waals surface area contributed by atoms with Crippen LogP contribution in [0, 0.1) is 3.57 Å². The monoisotopic (exact) mass is 808 g/mol. The highest BCUT2D eigenvalue weighted by atomic mass is 127. The van der Waals surface area contributed by atoms with E-state index in [0.29, 0.717) is 30.7 Å². The lowest BCUT2D eigenvalue weighted by Crippen LogP contribution is -2.55. The maximum Gasteiger partial charge on any atom is 0.349 e. The number of nitrogens with zero attached hydrogens (tertiary/aromatic N) is 1. The predicted octanol–water partition coefficient (Wildman–Crippen LogP) is 4.46. The first-order valence-electron chi connectivity index (χ1n) is 14.7. The summed E-state index contributed by atoms with van der Waals surface area (Å²) in [5, 5.41) is 34.6. The van der Waals surface area contributed by atoms with Crippen LogP contribution < -0.4 is 20.4 Å². The Hall–Kier alpha value is -3.66. The van der Waals surface area contributed by atoms with E-state index < -0.39 is 35.7 Å². The number of carbonyl (C=O) groups excluding carboxylic acids is 2. The number of benzene rings is 3. The van der Waals surface area contributed by atoms with Crippen LogP contribution in [0.15, 0.2) is 81.5 Å². The molecule has 2 amide bonds. The zero-order chi connectivity index (χ0) is 34.5. The molecule has 1 aromatic heterocycles. The van der Waals surface area contributed by atoms with Gasteiger partial charge in [-0.05, 0) is 76.2 Å². The fraction of sp³-hybridized carbons (Fsp3) is 0.265. The number of halogens is 3. The van der Waals surface area contributed by atoms with E-state index in [-0.39, 0.29) is 60.4 Å². The summed E-state index contributed by atoms with van der Waals surface area (Å²) in [5.41, 5.74) is 0.401. The van der Waals surface area contributed by atoms with Crippen molar-refractivity contribution in [2.45, 2.75) is 37.8 Å². The number of ether oxygens (including phenoxy) is 2. The Morgan fingerprint density at radius 2 is 1.83 bits per heavy atom. The first-order chi connectivity index (χ1) is 23.0. The molecule has 0 fully saturated rings. The summed E-state index contributed by atoms with van der Waals surface area (Å²) >= 11 is 14.5. The minimum atomic E-state index is -1.43. The van der Waals surface area contributed by atoms with Gasteiger partial charge in [-0.3, -0.25) is 9.59 Å². The summed E-state index contributed by atoms with van der Waals surface area (Å²) in [6, 6.07) is 15.1. The molecule has 1 aliphatic rings. The molecule has 0 radical (unpaired) electrons. The summed E-state index contributed by atoms with van der Waals surface area (Å²) in [5.74, 6) is -0.791. The van der Waals surface area contributed by atoms with Crippen LogP contribution in [-0.4, -0.2) is 70.5 Å². The molecule has 3 atom stereocenters. The number of aliphatic hydroxyl groups is 3. The number of hydrogen-bond acceptors (Lipinski definition) is 9. The second-order valence-electron chi connectivity index (χ2n) is 10.9. The molecular formula is C34H31Cl2IN2O9. The van der Waals surface area contributed by atoms with Gasteiger partial charge in [0.25, 0.3) is 5.91 Å². The highest BCUT2D eigenvalue weighted by molar-refractivity contribution is 14.1. The molecule has 14 heteroatoms. The first-order valence-corrected chi connectivity index (χ1v) is 16.6. The van der Waals surface area contributed by atoms with Crippen molar-refractivity contribution in [1.82, 2.24) is 10.2 Å². The third-order valence-electron chi connectivity index (χ3n) is 7.81. The number of carbonyl (C=O) groups is 2. The Morgan fingerprint density at radius 1 is 1.06 bits per heavy atom. The van der Waals surface area contributed by atoms with E-state index in [4.69, 9.17) is 37.1 Å². The van der Waals surface area contributed by atoms with E-state index in [2.05, 4.69) is 5.32 Å². The summed E-state index contributed by atoms with van der Waals surface area (Å²) < 4.78 is 17.8. The molecule has 0 aliphatic heterocycles. The van der Waals surface area contributed by atoms with Gasteiger partial charge in [0.2, 0.25) is 5.91 Å². The van der Waals surface area contributed by atoms with Crippen LogP contribution in [0.5, 0.6) is 11.5 Å². The van der Waals surface area contributed by atoms with Crippen LogP contribution in [0.2, 0.25) is 10.0 Å². The molecule has 3 unspecified atom stereocenters. The minimum Gasteiger partial charge on any atom is -0.493 e. The number of amides is 2. The van der Waals surface area contributed by atoms with Gasteiger partial charge >= 0.3 is 5.63 Å². The molecule has 48 heavy (non-hydrogen) atoms. The number of fused-ring (bicyclic) bond motifs is 1. The summed E-state index contributed by atoms with van der Waals surface area (Å²) in [6.07, 6.45) is -1.31. The van der Waals surface area contributed by atoms with Gasteiger partial charge in [-0.1, -0.05) is 47.5 Å². The third-order valence-corrected chi connectivity index (χ3v) is 9.35. The Balaban J connectivity index is 1.61. The second-order valence-corrected chi connectivity index (χ2v) is 12.9. The third kappa shape index (κ3) is 7.80. The predicted molar refractivity (Wildman–Crippen MR) is 187 cm³/mol. The molecule has 11 nitrogen and oxygen atoms in total. The van der Waals surface area contributed by atoms with Gasteiger partial charge in [-0.2, -0.15) is 0 Å². The van der Waals surface area contributed by atoms with Crippen LogP contribution in [0.25, 0.3) is 11.0 Å². The molecule has 4 aromatic rings. The number of methoxy groups -OCH3 is 1. The Morgan fingerprint density at radius 3 is 2.54 bits per heavy atom. The van der Waals surface area contributed by atoms with E-state index in [1.807, 2.05) is 22.6 Å². The van der Waals surface area contributed by atoms with Gasteiger partial charge in [0.05, 0.1) is 40.0 Å². The van der Waals surface area contributed by atoms with Crippen LogP contribution in [0.3, 0.4) is 0 Å². The average Bonchev–Trinajstić information content (AvgIpc) is 3.08. The maximum absolute atomic E-state index is 14.4. The average molecular weight is 809 g/mol. The fourth-order valence-electron chi connectivity index (χ4n) is 5.43. The summed E-state index contributed by atoms with van der Waals surface area (Å²) in [7, 11) is 1.43. The topological polar surface area (TPSA) is 159 Å². The van der Waals surface area contributed by atoms with Crippen molar-refractivity contribution in [2.75, 3.05) is 20.3 Å². The largest absolute Gasteiger partial charge is 0.493 e. The SMILES string of the molecule is COc1cc(CO)cc(I)c1OC1C=C(C(=O)NCCO)CC(N(Cc2ccc(Cl)c(Cl)c2)C(=O)c2cc3ccccc3oc2=O)C1O. The Labute approximate surface area is 298 Å². The Bertz CT molecular complexity index is 1930. The number of nitrogens with one attached hydrogen (secondary N) is 1. The van der Waals surface area contributed by atoms with E-state index >= 15 is 0 Å². The number of aliphatic hydroxyl groups excluding tert-OH is 3. The smallest absolute Gasteiger partial charge is 0.349 e. The van der Waals surface area contributed by atoms with Crippen molar-refractivity contribution in [2.24, 2.45) is 0 Å². The van der Waals surface area contributed by atoms with Crippen molar-refractivity contribution < 1.29 is 38.8 Å². The van der Waals surface area contributed by atoms with Crippen molar-refractivity contribution in [3.05, 3.63) is 113 Å². The number of hydrogen-bond donors (Lipinski definition) is 4. The number of rotatable bonds is 11. The zero-order valence-corrected chi connectivity index (χ0v) is 29.2. The normalized spacial score (nSPS) is 17.5. The second kappa shape index (κ2) is 15.7. The van der Waals surface area contributed by atoms with Crippen LogP contribution >= 0.6 is 45.8 Å². The van der Waals surface area contributed by atoms with Gasteiger partial charge in [0.15, 0.2) is 11.5 Å².